The molecular weight excluding hydrogens is 278 g/mol. The largest absolute Gasteiger partial charge is 0.324 e. The lowest BCUT2D eigenvalue weighted by Gasteiger charge is -2.17. The zero-order chi connectivity index (χ0) is 14.0. The molecule has 8 nitrogen and oxygen atoms in total. The van der Waals surface area contributed by atoms with Gasteiger partial charge < -0.3 is 11.1 Å². The Bertz CT molecular complexity index is 531. The zero-order valence-corrected chi connectivity index (χ0v) is 11.9. The van der Waals surface area contributed by atoms with Crippen molar-refractivity contribution in [3.63, 3.8) is 0 Å². The van der Waals surface area contributed by atoms with E-state index in [0.29, 0.717) is 0 Å². The third kappa shape index (κ3) is 4.64. The van der Waals surface area contributed by atoms with Gasteiger partial charge in [0.25, 0.3) is 10.0 Å². The van der Waals surface area contributed by atoms with Crippen LogP contribution in [-0.2, 0) is 14.8 Å². The minimum Gasteiger partial charge on any atom is -0.324 e. The van der Waals surface area contributed by atoms with Crippen molar-refractivity contribution in [3.05, 3.63) is 0 Å². The fourth-order valence-corrected chi connectivity index (χ4v) is 3.07. The Morgan fingerprint density at radius 2 is 2.06 bits per heavy atom. The second-order valence-electron chi connectivity index (χ2n) is 4.37. The van der Waals surface area contributed by atoms with Crippen LogP contribution in [0, 0.1) is 0 Å². The van der Waals surface area contributed by atoms with Crippen molar-refractivity contribution >= 4 is 32.4 Å². The summed E-state index contributed by atoms with van der Waals surface area (Å²) in [6.45, 7) is 4.76. The van der Waals surface area contributed by atoms with Gasteiger partial charge in [0, 0.05) is 19.0 Å². The monoisotopic (exact) mass is 293 g/mol. The first-order valence-corrected chi connectivity index (χ1v) is 7.30. The average Bonchev–Trinajstić information content (AvgIpc) is 2.62. The van der Waals surface area contributed by atoms with Gasteiger partial charge in [-0.15, -0.1) is 10.2 Å². The van der Waals surface area contributed by atoms with Gasteiger partial charge in [0.2, 0.25) is 15.4 Å². The summed E-state index contributed by atoms with van der Waals surface area (Å²) in [6, 6.07) is 0. The number of carbonyl (C=O) groups is 1. The molecule has 10 heteroatoms. The lowest BCUT2D eigenvalue weighted by Crippen LogP contribution is -2.45. The van der Waals surface area contributed by atoms with Gasteiger partial charge in [0.1, 0.15) is 0 Å². The van der Waals surface area contributed by atoms with E-state index in [1.54, 1.807) is 13.8 Å². The first-order valence-electron chi connectivity index (χ1n) is 5.00. The van der Waals surface area contributed by atoms with Gasteiger partial charge >= 0.3 is 0 Å². The highest BCUT2D eigenvalue weighted by atomic mass is 32.2. The Morgan fingerprint density at radius 3 is 2.56 bits per heavy atom. The van der Waals surface area contributed by atoms with Crippen LogP contribution in [-0.4, -0.2) is 36.6 Å². The topological polar surface area (TPSA) is 127 Å². The first kappa shape index (κ1) is 15.0. The summed E-state index contributed by atoms with van der Waals surface area (Å²) in [5.41, 5.74) is 5.01. The molecule has 1 aromatic rings. The maximum Gasteiger partial charge on any atom is 0.269 e. The third-order valence-electron chi connectivity index (χ3n) is 1.64. The number of sulfonamides is 1. The summed E-state index contributed by atoms with van der Waals surface area (Å²) in [7, 11) is -3.74. The summed E-state index contributed by atoms with van der Waals surface area (Å²) in [5, 5.41) is 9.55. The van der Waals surface area contributed by atoms with Crippen LogP contribution >= 0.6 is 11.3 Å². The molecule has 102 valence electrons. The molecule has 1 rings (SSSR count). The quantitative estimate of drug-likeness (QED) is 0.629. The number of hydrogen-bond donors (Lipinski definition) is 3. The second-order valence-corrected chi connectivity index (χ2v) is 7.29. The van der Waals surface area contributed by atoms with Crippen molar-refractivity contribution in [2.45, 2.75) is 30.6 Å². The van der Waals surface area contributed by atoms with Gasteiger partial charge in [-0.2, -0.15) is 0 Å². The number of nitrogens with one attached hydrogen (secondary N) is 2. The van der Waals surface area contributed by atoms with Crippen molar-refractivity contribution < 1.29 is 13.2 Å². The van der Waals surface area contributed by atoms with Crippen LogP contribution in [0.25, 0.3) is 0 Å². The van der Waals surface area contributed by atoms with Crippen molar-refractivity contribution in [1.82, 2.24) is 14.9 Å². The van der Waals surface area contributed by atoms with Crippen LogP contribution in [0.5, 0.6) is 0 Å². The summed E-state index contributed by atoms with van der Waals surface area (Å²) in [5.74, 6) is -0.342. The van der Waals surface area contributed by atoms with E-state index in [-0.39, 0.29) is 21.9 Å². The number of hydrogen-bond acceptors (Lipinski definition) is 7. The van der Waals surface area contributed by atoms with Crippen LogP contribution in [0.4, 0.5) is 5.13 Å². The molecule has 0 saturated carbocycles. The first-order chi connectivity index (χ1) is 8.10. The van der Waals surface area contributed by atoms with Gasteiger partial charge in [-0.05, 0) is 13.8 Å². The predicted octanol–water partition coefficient (Wildman–Crippen LogP) is -0.488. The van der Waals surface area contributed by atoms with E-state index in [9.17, 15) is 13.2 Å². The Hall–Kier alpha value is -1.10. The molecule has 4 N–H and O–H groups in total. The van der Waals surface area contributed by atoms with Crippen molar-refractivity contribution in [3.8, 4) is 0 Å². The molecule has 1 heterocycles. The molecule has 0 bridgehead atoms. The third-order valence-corrected chi connectivity index (χ3v) is 4.24. The molecule has 0 radical (unpaired) electrons. The highest BCUT2D eigenvalue weighted by Gasteiger charge is 2.23. The minimum atomic E-state index is -3.74. The molecule has 0 aliphatic rings. The van der Waals surface area contributed by atoms with Gasteiger partial charge in [-0.3, -0.25) is 4.79 Å². The molecule has 0 saturated heterocycles. The number of amides is 1. The predicted molar refractivity (Wildman–Crippen MR) is 67.7 cm³/mol. The highest BCUT2D eigenvalue weighted by molar-refractivity contribution is 7.91. The Kier molecular flexibility index (Phi) is 4.37. The van der Waals surface area contributed by atoms with E-state index in [1.807, 2.05) is 0 Å². The molecule has 0 aromatic carbocycles. The number of anilines is 1. The number of carbonyl (C=O) groups excluding carboxylic acids is 1. The van der Waals surface area contributed by atoms with E-state index in [0.717, 1.165) is 11.3 Å². The normalized spacial score (nSPS) is 12.4. The number of aromatic nitrogens is 2. The van der Waals surface area contributed by atoms with E-state index in [1.165, 1.54) is 6.92 Å². The van der Waals surface area contributed by atoms with Crippen LogP contribution in [0.3, 0.4) is 0 Å². The van der Waals surface area contributed by atoms with Gasteiger partial charge in [0.05, 0.1) is 0 Å². The van der Waals surface area contributed by atoms with E-state index in [4.69, 9.17) is 5.73 Å². The maximum atomic E-state index is 11.8. The van der Waals surface area contributed by atoms with Crippen LogP contribution in [0.1, 0.15) is 20.8 Å². The average molecular weight is 293 g/mol. The molecule has 0 atom stereocenters. The van der Waals surface area contributed by atoms with Crippen molar-refractivity contribution in [1.29, 1.82) is 0 Å². The second kappa shape index (κ2) is 5.26. The Balaban J connectivity index is 2.79. The van der Waals surface area contributed by atoms with Gasteiger partial charge in [-0.25, -0.2) is 13.1 Å². The fraction of sp³-hybridized carbons (Fsp3) is 0.625. The van der Waals surface area contributed by atoms with Crippen molar-refractivity contribution in [2.24, 2.45) is 5.73 Å². The zero-order valence-electron chi connectivity index (χ0n) is 10.2. The number of rotatable bonds is 5. The van der Waals surface area contributed by atoms with Crippen LogP contribution in [0.15, 0.2) is 4.34 Å². The van der Waals surface area contributed by atoms with E-state index < -0.39 is 15.6 Å². The summed E-state index contributed by atoms with van der Waals surface area (Å²) < 4.78 is 25.7. The van der Waals surface area contributed by atoms with Crippen LogP contribution in [0.2, 0.25) is 0 Å². The smallest absolute Gasteiger partial charge is 0.269 e. The molecule has 1 amide bonds. The molecule has 0 aliphatic heterocycles. The molecule has 0 unspecified atom stereocenters. The summed E-state index contributed by atoms with van der Waals surface area (Å²) in [4.78, 5) is 10.8. The summed E-state index contributed by atoms with van der Waals surface area (Å²) >= 11 is 0.773. The fourth-order valence-electron chi connectivity index (χ4n) is 0.862. The Morgan fingerprint density at radius 1 is 1.44 bits per heavy atom. The molecule has 0 fully saturated rings. The summed E-state index contributed by atoms with van der Waals surface area (Å²) in [6.07, 6.45) is 0. The molecule has 18 heavy (non-hydrogen) atoms. The molecule has 0 spiro atoms. The molecular formula is C8H15N5O3S2. The number of nitrogens with zero attached hydrogens (tertiary/aromatic N) is 2. The van der Waals surface area contributed by atoms with Crippen LogP contribution < -0.4 is 15.8 Å². The minimum absolute atomic E-state index is 0.0738. The van der Waals surface area contributed by atoms with E-state index in [2.05, 4.69) is 20.2 Å². The maximum absolute atomic E-state index is 11.8. The SMILES string of the molecule is CC(=O)Nc1nnc(S(=O)(=O)NCC(C)(C)N)s1. The van der Waals surface area contributed by atoms with E-state index >= 15 is 0 Å². The van der Waals surface area contributed by atoms with Gasteiger partial charge in [0.15, 0.2) is 0 Å². The Labute approximate surface area is 109 Å². The van der Waals surface area contributed by atoms with Crippen molar-refractivity contribution in [2.75, 3.05) is 11.9 Å². The van der Waals surface area contributed by atoms with Gasteiger partial charge in [-0.1, -0.05) is 11.3 Å². The molecule has 1 aromatic heterocycles. The number of nitrogens with two attached hydrogens (primary N) is 1. The standard InChI is InChI=1S/C8H15N5O3S2/c1-5(14)11-6-12-13-7(17-6)18(15,16)10-4-8(2,3)9/h10H,4,9H2,1-3H3,(H,11,12,14). The lowest BCUT2D eigenvalue weighted by atomic mass is 10.1. The molecule has 0 aliphatic carbocycles. The lowest BCUT2D eigenvalue weighted by molar-refractivity contribution is -0.114. The highest BCUT2D eigenvalue weighted by Crippen LogP contribution is 2.19.